The van der Waals surface area contributed by atoms with Crippen LogP contribution in [-0.2, 0) is 6.42 Å². The lowest BCUT2D eigenvalue weighted by Gasteiger charge is -2.13. The van der Waals surface area contributed by atoms with Gasteiger partial charge in [0.15, 0.2) is 0 Å². The highest BCUT2D eigenvalue weighted by atomic mass is 15.3. The average Bonchev–Trinajstić information content (AvgIpc) is 2.17. The maximum Gasteiger partial charge on any atom is 0.145 e. The number of nitrogens with zero attached hydrogens (tertiary/aromatic N) is 3. The van der Waals surface area contributed by atoms with Crippen LogP contribution in [0.1, 0.15) is 19.2 Å². The second-order valence-electron chi connectivity index (χ2n) is 3.32. The Labute approximate surface area is 84.3 Å². The van der Waals surface area contributed by atoms with Gasteiger partial charge in [-0.1, -0.05) is 6.92 Å². The molecule has 0 fully saturated rings. The van der Waals surface area contributed by atoms with Gasteiger partial charge in [-0.25, -0.2) is 15.8 Å². The number of rotatable bonds is 4. The van der Waals surface area contributed by atoms with Gasteiger partial charge in [0.25, 0.3) is 0 Å². The largest absolute Gasteiger partial charge is 0.363 e. The molecule has 0 atom stereocenters. The molecule has 3 N–H and O–H groups in total. The van der Waals surface area contributed by atoms with Gasteiger partial charge in [-0.2, -0.15) is 0 Å². The number of aromatic nitrogens is 2. The first-order valence-electron chi connectivity index (χ1n) is 4.69. The number of aryl methyl sites for hydroxylation is 1. The van der Waals surface area contributed by atoms with Gasteiger partial charge in [-0.3, -0.25) is 0 Å². The lowest BCUT2D eigenvalue weighted by molar-refractivity contribution is 0.828. The third kappa shape index (κ3) is 2.56. The lowest BCUT2D eigenvalue weighted by atomic mass is 10.3. The van der Waals surface area contributed by atoms with E-state index in [2.05, 4.69) is 22.3 Å². The zero-order chi connectivity index (χ0) is 10.6. The maximum absolute atomic E-state index is 5.33. The molecule has 5 nitrogen and oxygen atoms in total. The summed E-state index contributed by atoms with van der Waals surface area (Å²) < 4.78 is 0. The van der Waals surface area contributed by atoms with Gasteiger partial charge < -0.3 is 10.3 Å². The average molecular weight is 195 g/mol. The van der Waals surface area contributed by atoms with E-state index in [1.54, 1.807) is 0 Å². The fourth-order valence-electron chi connectivity index (χ4n) is 1.12. The van der Waals surface area contributed by atoms with Crippen molar-refractivity contribution in [3.63, 3.8) is 0 Å². The summed E-state index contributed by atoms with van der Waals surface area (Å²) in [4.78, 5) is 10.6. The van der Waals surface area contributed by atoms with Crippen molar-refractivity contribution in [3.05, 3.63) is 11.9 Å². The Morgan fingerprint density at radius 1 is 1.43 bits per heavy atom. The molecule has 1 heterocycles. The highest BCUT2D eigenvalue weighted by Crippen LogP contribution is 2.13. The van der Waals surface area contributed by atoms with Crippen LogP contribution in [0, 0.1) is 0 Å². The van der Waals surface area contributed by atoms with Crippen LogP contribution in [0.15, 0.2) is 6.07 Å². The summed E-state index contributed by atoms with van der Waals surface area (Å²) in [6.07, 6.45) is 1.90. The summed E-state index contributed by atoms with van der Waals surface area (Å²) in [5.74, 6) is 7.68. The smallest absolute Gasteiger partial charge is 0.145 e. The minimum Gasteiger partial charge on any atom is -0.363 e. The number of nitrogens with one attached hydrogen (secondary N) is 1. The van der Waals surface area contributed by atoms with Gasteiger partial charge in [0.05, 0.1) is 0 Å². The summed E-state index contributed by atoms with van der Waals surface area (Å²) >= 11 is 0. The molecule has 1 aromatic rings. The molecule has 0 spiro atoms. The standard InChI is InChI=1S/C9H17N5/c1-4-5-7-11-8(13-10)6-9(12-7)14(2)3/h6H,4-5,10H2,1-3H3,(H,11,12,13). The van der Waals surface area contributed by atoms with E-state index < -0.39 is 0 Å². The van der Waals surface area contributed by atoms with Crippen molar-refractivity contribution in [2.45, 2.75) is 19.8 Å². The van der Waals surface area contributed by atoms with Gasteiger partial charge in [0.1, 0.15) is 17.5 Å². The molecule has 0 amide bonds. The molecule has 1 aromatic heterocycles. The van der Waals surface area contributed by atoms with E-state index in [0.717, 1.165) is 24.5 Å². The number of hydrazine groups is 1. The van der Waals surface area contributed by atoms with Gasteiger partial charge in [-0.15, -0.1) is 0 Å². The van der Waals surface area contributed by atoms with E-state index in [4.69, 9.17) is 5.84 Å². The molecule has 0 aliphatic heterocycles. The molecular weight excluding hydrogens is 178 g/mol. The fraction of sp³-hybridized carbons (Fsp3) is 0.556. The molecule has 5 heteroatoms. The highest BCUT2D eigenvalue weighted by molar-refractivity contribution is 5.47. The van der Waals surface area contributed by atoms with Crippen LogP contribution < -0.4 is 16.2 Å². The molecule has 78 valence electrons. The maximum atomic E-state index is 5.33. The first-order chi connectivity index (χ1) is 6.67. The van der Waals surface area contributed by atoms with Gasteiger partial charge >= 0.3 is 0 Å². The second-order valence-corrected chi connectivity index (χ2v) is 3.32. The summed E-state index contributed by atoms with van der Waals surface area (Å²) in [5, 5.41) is 0. The first kappa shape index (κ1) is 10.7. The van der Waals surface area contributed by atoms with Crippen molar-refractivity contribution in [1.82, 2.24) is 9.97 Å². The first-order valence-corrected chi connectivity index (χ1v) is 4.69. The number of nitrogens with two attached hydrogens (primary N) is 1. The van der Waals surface area contributed by atoms with Crippen LogP contribution in [0.3, 0.4) is 0 Å². The molecule has 1 rings (SSSR count). The summed E-state index contributed by atoms with van der Waals surface area (Å²) in [5.41, 5.74) is 2.54. The zero-order valence-corrected chi connectivity index (χ0v) is 8.91. The number of hydrogen-bond donors (Lipinski definition) is 2. The van der Waals surface area contributed by atoms with Crippen LogP contribution in [0.25, 0.3) is 0 Å². The lowest BCUT2D eigenvalue weighted by Crippen LogP contribution is -2.16. The topological polar surface area (TPSA) is 67.1 Å². The van der Waals surface area contributed by atoms with Crippen LogP contribution in [0.5, 0.6) is 0 Å². The quantitative estimate of drug-likeness (QED) is 0.549. The van der Waals surface area contributed by atoms with Gasteiger partial charge in [0, 0.05) is 26.6 Å². The molecular formula is C9H17N5. The second kappa shape index (κ2) is 4.76. The summed E-state index contributed by atoms with van der Waals surface area (Å²) in [6.45, 7) is 2.10. The summed E-state index contributed by atoms with van der Waals surface area (Å²) in [7, 11) is 3.89. The third-order valence-electron chi connectivity index (χ3n) is 1.84. The van der Waals surface area contributed by atoms with Crippen molar-refractivity contribution < 1.29 is 0 Å². The molecule has 0 unspecified atom stereocenters. The van der Waals surface area contributed by atoms with Crippen molar-refractivity contribution in [2.24, 2.45) is 5.84 Å². The predicted molar refractivity (Wildman–Crippen MR) is 58.2 cm³/mol. The van der Waals surface area contributed by atoms with Gasteiger partial charge in [0.2, 0.25) is 0 Å². The SMILES string of the molecule is CCCc1nc(NN)cc(N(C)C)n1. The van der Waals surface area contributed by atoms with E-state index in [0.29, 0.717) is 5.82 Å². The molecule has 0 radical (unpaired) electrons. The van der Waals surface area contributed by atoms with E-state index in [1.165, 1.54) is 0 Å². The van der Waals surface area contributed by atoms with E-state index in [1.807, 2.05) is 25.1 Å². The van der Waals surface area contributed by atoms with Crippen molar-refractivity contribution in [3.8, 4) is 0 Å². The zero-order valence-electron chi connectivity index (χ0n) is 8.91. The monoisotopic (exact) mass is 195 g/mol. The van der Waals surface area contributed by atoms with E-state index in [9.17, 15) is 0 Å². The predicted octanol–water partition coefficient (Wildman–Crippen LogP) is 0.781. The van der Waals surface area contributed by atoms with Gasteiger partial charge in [-0.05, 0) is 6.42 Å². The molecule has 0 aromatic carbocycles. The Bertz CT molecular complexity index is 297. The minimum absolute atomic E-state index is 0.659. The van der Waals surface area contributed by atoms with Crippen LogP contribution in [0.4, 0.5) is 11.6 Å². The Morgan fingerprint density at radius 2 is 2.14 bits per heavy atom. The van der Waals surface area contributed by atoms with Crippen LogP contribution in [0.2, 0.25) is 0 Å². The van der Waals surface area contributed by atoms with Crippen molar-refractivity contribution in [2.75, 3.05) is 24.4 Å². The Hall–Kier alpha value is -1.36. The number of anilines is 2. The Balaban J connectivity index is 3.00. The van der Waals surface area contributed by atoms with Crippen molar-refractivity contribution in [1.29, 1.82) is 0 Å². The molecule has 14 heavy (non-hydrogen) atoms. The van der Waals surface area contributed by atoms with E-state index in [-0.39, 0.29) is 0 Å². The molecule has 0 saturated heterocycles. The molecule has 0 aliphatic carbocycles. The number of hydrogen-bond acceptors (Lipinski definition) is 5. The molecule has 0 bridgehead atoms. The normalized spacial score (nSPS) is 10.0. The van der Waals surface area contributed by atoms with Crippen LogP contribution >= 0.6 is 0 Å². The Kier molecular flexibility index (Phi) is 3.64. The molecule has 0 aliphatic rings. The van der Waals surface area contributed by atoms with E-state index >= 15 is 0 Å². The third-order valence-corrected chi connectivity index (χ3v) is 1.84. The van der Waals surface area contributed by atoms with Crippen molar-refractivity contribution >= 4 is 11.6 Å². The summed E-state index contributed by atoms with van der Waals surface area (Å²) in [6, 6.07) is 1.82. The molecule has 0 saturated carbocycles. The number of nitrogen functional groups attached to an aromatic ring is 1. The highest BCUT2D eigenvalue weighted by Gasteiger charge is 2.04. The Morgan fingerprint density at radius 3 is 2.64 bits per heavy atom. The minimum atomic E-state index is 0.659. The fourth-order valence-corrected chi connectivity index (χ4v) is 1.12. The van der Waals surface area contributed by atoms with Crippen LogP contribution in [-0.4, -0.2) is 24.1 Å².